The third-order valence-corrected chi connectivity index (χ3v) is 3.64. The van der Waals surface area contributed by atoms with Gasteiger partial charge < -0.3 is 19.7 Å². The number of hydrogen-bond acceptors (Lipinski definition) is 5. The molecule has 1 heterocycles. The van der Waals surface area contributed by atoms with Crippen molar-refractivity contribution in [3.63, 3.8) is 0 Å². The molecule has 1 aliphatic heterocycles. The third-order valence-electron chi connectivity index (χ3n) is 3.64. The normalized spacial score (nSPS) is 17.7. The maximum atomic E-state index is 11.9. The zero-order valence-corrected chi connectivity index (χ0v) is 13.5. The Labute approximate surface area is 137 Å². The van der Waals surface area contributed by atoms with E-state index in [4.69, 9.17) is 14.7 Å². The van der Waals surface area contributed by atoms with Gasteiger partial charge in [0.25, 0.3) is 0 Å². The van der Waals surface area contributed by atoms with Crippen LogP contribution in [-0.4, -0.2) is 56.9 Å². The van der Waals surface area contributed by atoms with Crippen LogP contribution < -0.4 is 5.32 Å². The Bertz CT molecular complexity index is 533. The molecule has 0 unspecified atom stereocenters. The van der Waals surface area contributed by atoms with Crippen LogP contribution in [0.2, 0.25) is 0 Å². The monoisotopic (exact) mass is 317 g/mol. The first-order chi connectivity index (χ1) is 11.2. The number of rotatable bonds is 7. The van der Waals surface area contributed by atoms with Gasteiger partial charge in [-0.3, -0.25) is 4.79 Å². The summed E-state index contributed by atoms with van der Waals surface area (Å²) in [7, 11) is 2.02. The van der Waals surface area contributed by atoms with Crippen molar-refractivity contribution in [2.45, 2.75) is 18.9 Å². The van der Waals surface area contributed by atoms with E-state index in [9.17, 15) is 4.79 Å². The summed E-state index contributed by atoms with van der Waals surface area (Å²) < 4.78 is 11.0. The van der Waals surface area contributed by atoms with Gasteiger partial charge in [-0.05, 0) is 44.3 Å². The number of nitrogens with one attached hydrogen (secondary N) is 1. The van der Waals surface area contributed by atoms with Crippen LogP contribution in [0, 0.1) is 11.3 Å². The molecule has 6 heteroatoms. The molecule has 2 rings (SSSR count). The lowest BCUT2D eigenvalue weighted by atomic mass is 10.2. The number of amides is 1. The fourth-order valence-electron chi connectivity index (χ4n) is 2.44. The lowest BCUT2D eigenvalue weighted by Crippen LogP contribution is -2.38. The number of nitriles is 1. The van der Waals surface area contributed by atoms with Gasteiger partial charge in [0, 0.05) is 18.7 Å². The second kappa shape index (κ2) is 9.26. The molecular weight excluding hydrogens is 294 g/mol. The molecule has 6 nitrogen and oxygen atoms in total. The largest absolute Gasteiger partial charge is 0.376 e. The molecule has 124 valence electrons. The van der Waals surface area contributed by atoms with Crippen molar-refractivity contribution in [3.8, 4) is 6.07 Å². The highest BCUT2D eigenvalue weighted by molar-refractivity contribution is 5.90. The number of carbonyl (C=O) groups excluding carboxylic acids is 1. The van der Waals surface area contributed by atoms with Crippen molar-refractivity contribution < 1.29 is 14.3 Å². The van der Waals surface area contributed by atoms with E-state index in [-0.39, 0.29) is 12.0 Å². The fraction of sp³-hybridized carbons (Fsp3) is 0.529. The number of anilines is 1. The second-order valence-electron chi connectivity index (χ2n) is 5.67. The standard InChI is InChI=1S/C17H23N3O3/c1-20(12-16-13-22-9-10-23-16)8-2-3-17(21)19-15-6-4-14(11-18)5-7-15/h4-7,16H,2-3,8-10,12-13H2,1H3,(H,19,21)/t16-/m0/s1. The number of nitrogens with zero attached hydrogens (tertiary/aromatic N) is 2. The molecule has 23 heavy (non-hydrogen) atoms. The Morgan fingerprint density at radius 2 is 2.17 bits per heavy atom. The number of hydrogen-bond donors (Lipinski definition) is 1. The summed E-state index contributed by atoms with van der Waals surface area (Å²) in [6, 6.07) is 8.91. The first kappa shape index (κ1) is 17.4. The molecule has 1 amide bonds. The zero-order chi connectivity index (χ0) is 16.5. The van der Waals surface area contributed by atoms with Crippen molar-refractivity contribution in [1.29, 1.82) is 5.26 Å². The van der Waals surface area contributed by atoms with Crippen LogP contribution in [0.3, 0.4) is 0 Å². The summed E-state index contributed by atoms with van der Waals surface area (Å²) in [4.78, 5) is 14.1. The molecule has 0 radical (unpaired) electrons. The molecule has 0 aromatic heterocycles. The van der Waals surface area contributed by atoms with E-state index in [2.05, 4.69) is 16.3 Å². The topological polar surface area (TPSA) is 74.6 Å². The summed E-state index contributed by atoms with van der Waals surface area (Å²) in [6.07, 6.45) is 1.37. The molecule has 1 aromatic rings. The zero-order valence-electron chi connectivity index (χ0n) is 13.5. The molecule has 1 fully saturated rings. The third kappa shape index (κ3) is 6.37. The van der Waals surface area contributed by atoms with E-state index in [1.54, 1.807) is 24.3 Å². The number of benzene rings is 1. The summed E-state index contributed by atoms with van der Waals surface area (Å²) in [5.41, 5.74) is 1.30. The maximum Gasteiger partial charge on any atom is 0.224 e. The van der Waals surface area contributed by atoms with E-state index in [0.29, 0.717) is 31.8 Å². The summed E-state index contributed by atoms with van der Waals surface area (Å²) in [5, 5.41) is 11.6. The molecule has 0 bridgehead atoms. The van der Waals surface area contributed by atoms with Crippen LogP contribution >= 0.6 is 0 Å². The quantitative estimate of drug-likeness (QED) is 0.827. The Morgan fingerprint density at radius 1 is 1.39 bits per heavy atom. The smallest absolute Gasteiger partial charge is 0.224 e. The molecule has 0 spiro atoms. The van der Waals surface area contributed by atoms with Gasteiger partial charge in [0.1, 0.15) is 0 Å². The fourth-order valence-corrected chi connectivity index (χ4v) is 2.44. The van der Waals surface area contributed by atoms with Crippen molar-refractivity contribution in [2.24, 2.45) is 0 Å². The molecule has 1 atom stereocenters. The summed E-state index contributed by atoms with van der Waals surface area (Å²) in [6.45, 7) is 3.63. The highest BCUT2D eigenvalue weighted by atomic mass is 16.6. The minimum Gasteiger partial charge on any atom is -0.376 e. The second-order valence-corrected chi connectivity index (χ2v) is 5.67. The van der Waals surface area contributed by atoms with Gasteiger partial charge in [-0.2, -0.15) is 5.26 Å². The summed E-state index contributed by atoms with van der Waals surface area (Å²) in [5.74, 6) is -0.0136. The lowest BCUT2D eigenvalue weighted by molar-refractivity contribution is -0.116. The van der Waals surface area contributed by atoms with Crippen molar-refractivity contribution in [3.05, 3.63) is 29.8 Å². The van der Waals surface area contributed by atoms with E-state index in [1.807, 2.05) is 7.05 Å². The van der Waals surface area contributed by atoms with Crippen LogP contribution in [0.1, 0.15) is 18.4 Å². The highest BCUT2D eigenvalue weighted by Gasteiger charge is 2.16. The molecule has 1 saturated heterocycles. The predicted molar refractivity (Wildman–Crippen MR) is 87.1 cm³/mol. The van der Waals surface area contributed by atoms with Gasteiger partial charge >= 0.3 is 0 Å². The van der Waals surface area contributed by atoms with E-state index >= 15 is 0 Å². The molecule has 1 aliphatic rings. The van der Waals surface area contributed by atoms with Crippen molar-refractivity contribution >= 4 is 11.6 Å². The Morgan fingerprint density at radius 3 is 2.83 bits per heavy atom. The molecule has 0 aliphatic carbocycles. The van der Waals surface area contributed by atoms with Crippen molar-refractivity contribution in [1.82, 2.24) is 4.90 Å². The van der Waals surface area contributed by atoms with Gasteiger partial charge in [0.2, 0.25) is 5.91 Å². The van der Waals surface area contributed by atoms with E-state index < -0.39 is 0 Å². The molecule has 1 aromatic carbocycles. The number of ether oxygens (including phenoxy) is 2. The SMILES string of the molecule is CN(CCCC(=O)Nc1ccc(C#N)cc1)C[C@H]1COCCO1. The lowest BCUT2D eigenvalue weighted by Gasteiger charge is -2.27. The summed E-state index contributed by atoms with van der Waals surface area (Å²) >= 11 is 0. The number of carbonyl (C=O) groups is 1. The average molecular weight is 317 g/mol. The van der Waals surface area contributed by atoms with E-state index in [0.717, 1.165) is 25.2 Å². The number of likely N-dealkylation sites (N-methyl/N-ethyl adjacent to an activating group) is 1. The Kier molecular flexibility index (Phi) is 7.01. The Hall–Kier alpha value is -1.94. The first-order valence-corrected chi connectivity index (χ1v) is 7.85. The van der Waals surface area contributed by atoms with Gasteiger partial charge in [-0.1, -0.05) is 0 Å². The van der Waals surface area contributed by atoms with Gasteiger partial charge in [-0.15, -0.1) is 0 Å². The van der Waals surface area contributed by atoms with Crippen LogP contribution in [0.15, 0.2) is 24.3 Å². The highest BCUT2D eigenvalue weighted by Crippen LogP contribution is 2.10. The van der Waals surface area contributed by atoms with Crippen LogP contribution in [0.25, 0.3) is 0 Å². The van der Waals surface area contributed by atoms with Crippen LogP contribution in [0.4, 0.5) is 5.69 Å². The minimum absolute atomic E-state index is 0.0136. The van der Waals surface area contributed by atoms with Gasteiger partial charge in [-0.25, -0.2) is 0 Å². The van der Waals surface area contributed by atoms with E-state index in [1.165, 1.54) is 0 Å². The maximum absolute atomic E-state index is 11.9. The molecule has 0 saturated carbocycles. The minimum atomic E-state index is -0.0136. The van der Waals surface area contributed by atoms with Crippen molar-refractivity contribution in [2.75, 3.05) is 45.3 Å². The first-order valence-electron chi connectivity index (χ1n) is 7.85. The van der Waals surface area contributed by atoms with Crippen LogP contribution in [-0.2, 0) is 14.3 Å². The van der Waals surface area contributed by atoms with Gasteiger partial charge in [0.05, 0.1) is 37.6 Å². The average Bonchev–Trinajstić information content (AvgIpc) is 2.56. The molecular formula is C17H23N3O3. The molecule has 1 N–H and O–H groups in total. The van der Waals surface area contributed by atoms with Gasteiger partial charge in [0.15, 0.2) is 0 Å². The van der Waals surface area contributed by atoms with Crippen LogP contribution in [0.5, 0.6) is 0 Å². The Balaban J connectivity index is 1.62. The predicted octanol–water partition coefficient (Wildman–Crippen LogP) is 1.62.